The minimum Gasteiger partial charge on any atom is -0.385 e. The van der Waals surface area contributed by atoms with Gasteiger partial charge in [0.15, 0.2) is 0 Å². The van der Waals surface area contributed by atoms with Gasteiger partial charge in [0.25, 0.3) is 5.91 Å². The maximum Gasteiger partial charge on any atom is 0.256 e. The van der Waals surface area contributed by atoms with E-state index >= 15 is 0 Å². The fraction of sp³-hybridized carbons (Fsp3) is 0.533. The third-order valence-electron chi connectivity index (χ3n) is 3.69. The van der Waals surface area contributed by atoms with Crippen LogP contribution >= 0.6 is 11.6 Å². The highest BCUT2D eigenvalue weighted by atomic mass is 35.5. The molecule has 3 nitrogen and oxygen atoms in total. The van der Waals surface area contributed by atoms with E-state index in [4.69, 9.17) is 11.6 Å². The molecule has 104 valence electrons. The number of hydrogen-bond acceptors (Lipinski definition) is 2. The first-order chi connectivity index (χ1) is 9.17. The predicted octanol–water partition coefficient (Wildman–Crippen LogP) is 3.79. The quantitative estimate of drug-likeness (QED) is 0.910. The van der Waals surface area contributed by atoms with E-state index in [0.717, 1.165) is 38.0 Å². The van der Waals surface area contributed by atoms with Crippen LogP contribution in [0.15, 0.2) is 18.2 Å². The zero-order valence-corrected chi connectivity index (χ0v) is 12.3. The molecule has 1 saturated heterocycles. The van der Waals surface area contributed by atoms with Crippen molar-refractivity contribution in [2.45, 2.75) is 39.2 Å². The summed E-state index contributed by atoms with van der Waals surface area (Å²) < 4.78 is 0. The zero-order valence-electron chi connectivity index (χ0n) is 11.6. The number of nitrogens with one attached hydrogen (secondary N) is 1. The Hall–Kier alpha value is -1.22. The van der Waals surface area contributed by atoms with E-state index in [1.54, 1.807) is 6.07 Å². The van der Waals surface area contributed by atoms with E-state index in [2.05, 4.69) is 12.2 Å². The van der Waals surface area contributed by atoms with Crippen molar-refractivity contribution in [3.8, 4) is 0 Å². The SMILES string of the molecule is CCNc1ccc(Cl)cc1C(=O)N1CCCC1CC. The van der Waals surface area contributed by atoms with Gasteiger partial charge >= 0.3 is 0 Å². The van der Waals surface area contributed by atoms with Crippen LogP contribution in [-0.4, -0.2) is 29.9 Å². The topological polar surface area (TPSA) is 32.3 Å². The molecule has 0 bridgehead atoms. The lowest BCUT2D eigenvalue weighted by Crippen LogP contribution is -2.35. The minimum atomic E-state index is 0.0998. The molecule has 0 radical (unpaired) electrons. The third kappa shape index (κ3) is 3.03. The number of likely N-dealkylation sites (tertiary alicyclic amines) is 1. The molecule has 4 heteroatoms. The molecule has 0 spiro atoms. The Bertz CT molecular complexity index is 461. The van der Waals surface area contributed by atoms with Gasteiger partial charge in [-0.25, -0.2) is 0 Å². The van der Waals surface area contributed by atoms with Crippen LogP contribution < -0.4 is 5.32 Å². The molecular weight excluding hydrogens is 260 g/mol. The van der Waals surface area contributed by atoms with Gasteiger partial charge in [0, 0.05) is 29.8 Å². The summed E-state index contributed by atoms with van der Waals surface area (Å²) in [5.74, 6) is 0.0998. The van der Waals surface area contributed by atoms with E-state index in [0.29, 0.717) is 16.6 Å². The smallest absolute Gasteiger partial charge is 0.256 e. The number of amides is 1. The summed E-state index contributed by atoms with van der Waals surface area (Å²) >= 11 is 6.04. The minimum absolute atomic E-state index is 0.0998. The monoisotopic (exact) mass is 280 g/mol. The Morgan fingerprint density at radius 1 is 1.47 bits per heavy atom. The molecule has 19 heavy (non-hydrogen) atoms. The van der Waals surface area contributed by atoms with Crippen LogP contribution in [-0.2, 0) is 0 Å². The molecule has 0 saturated carbocycles. The van der Waals surface area contributed by atoms with Crippen LogP contribution in [0.3, 0.4) is 0 Å². The van der Waals surface area contributed by atoms with Crippen molar-refractivity contribution in [2.75, 3.05) is 18.4 Å². The molecule has 1 aromatic carbocycles. The van der Waals surface area contributed by atoms with Crippen LogP contribution in [0.2, 0.25) is 5.02 Å². The highest BCUT2D eigenvalue weighted by Crippen LogP contribution is 2.27. The fourth-order valence-corrected chi connectivity index (χ4v) is 2.89. The number of carbonyl (C=O) groups is 1. The zero-order chi connectivity index (χ0) is 13.8. The molecule has 1 aliphatic heterocycles. The van der Waals surface area contributed by atoms with Gasteiger partial charge in [-0.15, -0.1) is 0 Å². The lowest BCUT2D eigenvalue weighted by atomic mass is 10.1. The number of anilines is 1. The van der Waals surface area contributed by atoms with Crippen molar-refractivity contribution in [2.24, 2.45) is 0 Å². The van der Waals surface area contributed by atoms with Crippen LogP contribution in [0.5, 0.6) is 0 Å². The number of halogens is 1. The average Bonchev–Trinajstić information content (AvgIpc) is 2.88. The molecule has 1 N–H and O–H groups in total. The number of hydrogen-bond donors (Lipinski definition) is 1. The third-order valence-corrected chi connectivity index (χ3v) is 3.92. The predicted molar refractivity (Wildman–Crippen MR) is 80.0 cm³/mol. The summed E-state index contributed by atoms with van der Waals surface area (Å²) in [4.78, 5) is 14.7. The Morgan fingerprint density at radius 2 is 2.26 bits per heavy atom. The number of benzene rings is 1. The van der Waals surface area contributed by atoms with Crippen LogP contribution in [0, 0.1) is 0 Å². The molecule has 1 aliphatic rings. The first kappa shape index (κ1) is 14.2. The van der Waals surface area contributed by atoms with Gasteiger partial charge in [0.05, 0.1) is 5.56 Å². The summed E-state index contributed by atoms with van der Waals surface area (Å²) in [5, 5.41) is 3.84. The maximum atomic E-state index is 12.7. The second kappa shape index (κ2) is 6.29. The molecule has 1 unspecified atom stereocenters. The molecular formula is C15H21ClN2O. The van der Waals surface area contributed by atoms with Crippen LogP contribution in [0.4, 0.5) is 5.69 Å². The van der Waals surface area contributed by atoms with Crippen molar-refractivity contribution >= 4 is 23.2 Å². The molecule has 1 heterocycles. The van der Waals surface area contributed by atoms with Crippen LogP contribution in [0.1, 0.15) is 43.5 Å². The Balaban J connectivity index is 2.29. The maximum absolute atomic E-state index is 12.7. The van der Waals surface area contributed by atoms with E-state index < -0.39 is 0 Å². The molecule has 1 fully saturated rings. The molecule has 2 rings (SSSR count). The standard InChI is InChI=1S/C15H21ClN2O/c1-3-12-6-5-9-18(12)15(19)13-10-11(16)7-8-14(13)17-4-2/h7-8,10,12,17H,3-6,9H2,1-2H3. The van der Waals surface area contributed by atoms with Gasteiger partial charge in [-0.1, -0.05) is 18.5 Å². The van der Waals surface area contributed by atoms with Gasteiger partial charge < -0.3 is 10.2 Å². The van der Waals surface area contributed by atoms with Crippen molar-refractivity contribution in [1.82, 2.24) is 4.90 Å². The molecule has 1 atom stereocenters. The summed E-state index contributed by atoms with van der Waals surface area (Å²) in [7, 11) is 0. The highest BCUT2D eigenvalue weighted by molar-refractivity contribution is 6.31. The molecule has 0 aromatic heterocycles. The first-order valence-corrected chi connectivity index (χ1v) is 7.39. The Labute approximate surface area is 119 Å². The lowest BCUT2D eigenvalue weighted by molar-refractivity contribution is 0.0734. The van der Waals surface area contributed by atoms with E-state index in [9.17, 15) is 4.79 Å². The summed E-state index contributed by atoms with van der Waals surface area (Å²) in [6.45, 7) is 5.81. The normalized spacial score (nSPS) is 18.7. The van der Waals surface area contributed by atoms with E-state index in [-0.39, 0.29) is 5.91 Å². The molecule has 1 amide bonds. The summed E-state index contributed by atoms with van der Waals surface area (Å²) in [6, 6.07) is 5.85. The van der Waals surface area contributed by atoms with E-state index in [1.807, 2.05) is 24.0 Å². The first-order valence-electron chi connectivity index (χ1n) is 7.01. The molecule has 1 aromatic rings. The van der Waals surface area contributed by atoms with Gasteiger partial charge in [-0.05, 0) is 44.4 Å². The number of carbonyl (C=O) groups excluding carboxylic acids is 1. The number of rotatable bonds is 4. The Kier molecular flexibility index (Phi) is 4.70. The van der Waals surface area contributed by atoms with Crippen molar-refractivity contribution in [3.05, 3.63) is 28.8 Å². The fourth-order valence-electron chi connectivity index (χ4n) is 2.72. The van der Waals surface area contributed by atoms with Crippen molar-refractivity contribution in [3.63, 3.8) is 0 Å². The van der Waals surface area contributed by atoms with Crippen molar-refractivity contribution in [1.29, 1.82) is 0 Å². The second-order valence-corrected chi connectivity index (χ2v) is 5.36. The van der Waals surface area contributed by atoms with Gasteiger partial charge in [0.2, 0.25) is 0 Å². The largest absolute Gasteiger partial charge is 0.385 e. The Morgan fingerprint density at radius 3 is 2.95 bits per heavy atom. The van der Waals surface area contributed by atoms with Crippen LogP contribution in [0.25, 0.3) is 0 Å². The summed E-state index contributed by atoms with van der Waals surface area (Å²) in [6.07, 6.45) is 3.23. The average molecular weight is 281 g/mol. The van der Waals surface area contributed by atoms with Gasteiger partial charge in [-0.2, -0.15) is 0 Å². The van der Waals surface area contributed by atoms with Gasteiger partial charge in [0.1, 0.15) is 0 Å². The van der Waals surface area contributed by atoms with E-state index in [1.165, 1.54) is 0 Å². The molecule has 0 aliphatic carbocycles. The van der Waals surface area contributed by atoms with Crippen molar-refractivity contribution < 1.29 is 4.79 Å². The summed E-state index contributed by atoms with van der Waals surface area (Å²) in [5.41, 5.74) is 1.56. The number of nitrogens with zero attached hydrogens (tertiary/aromatic N) is 1. The van der Waals surface area contributed by atoms with Gasteiger partial charge in [-0.3, -0.25) is 4.79 Å². The second-order valence-electron chi connectivity index (χ2n) is 4.92. The highest BCUT2D eigenvalue weighted by Gasteiger charge is 2.29. The lowest BCUT2D eigenvalue weighted by Gasteiger charge is -2.25.